The molecule has 5 heteroatoms. The molecule has 0 amide bonds. The third-order valence-corrected chi connectivity index (χ3v) is 4.96. The van der Waals surface area contributed by atoms with Gasteiger partial charge in [-0.1, -0.05) is 66.7 Å². The molecule has 0 saturated heterocycles. The van der Waals surface area contributed by atoms with E-state index < -0.39 is 0 Å². The van der Waals surface area contributed by atoms with Crippen molar-refractivity contribution in [3.63, 3.8) is 0 Å². The molecule has 1 N–H and O–H groups in total. The number of hydrogen-bond donors (Lipinski definition) is 1. The summed E-state index contributed by atoms with van der Waals surface area (Å²) in [4.78, 5) is 16.6. The SMILES string of the molecule is O=c1cc(-c2ccc(-c3ccccc3Oc3ccccc3)cc2)[nH]n1-c1ccccn1. The van der Waals surface area contributed by atoms with Gasteiger partial charge < -0.3 is 4.74 Å². The second-order valence-corrected chi connectivity index (χ2v) is 7.02. The second kappa shape index (κ2) is 8.16. The maximum atomic E-state index is 12.4. The number of benzene rings is 3. The summed E-state index contributed by atoms with van der Waals surface area (Å²) in [6, 6.07) is 32.7. The largest absolute Gasteiger partial charge is 0.457 e. The molecule has 31 heavy (non-hydrogen) atoms. The van der Waals surface area contributed by atoms with E-state index in [9.17, 15) is 4.79 Å². The fraction of sp³-hybridized carbons (Fsp3) is 0. The van der Waals surface area contributed by atoms with E-state index in [0.29, 0.717) is 5.82 Å². The maximum Gasteiger partial charge on any atom is 0.273 e. The minimum atomic E-state index is -0.153. The van der Waals surface area contributed by atoms with Gasteiger partial charge in [-0.15, -0.1) is 0 Å². The smallest absolute Gasteiger partial charge is 0.273 e. The molecule has 2 heterocycles. The number of rotatable bonds is 5. The summed E-state index contributed by atoms with van der Waals surface area (Å²) < 4.78 is 7.53. The number of pyridine rings is 1. The predicted octanol–water partition coefficient (Wildman–Crippen LogP) is 5.69. The van der Waals surface area contributed by atoms with Gasteiger partial charge >= 0.3 is 0 Å². The number of aromatic nitrogens is 3. The summed E-state index contributed by atoms with van der Waals surface area (Å²) in [6.07, 6.45) is 1.66. The molecule has 150 valence electrons. The van der Waals surface area contributed by atoms with Gasteiger partial charge in [-0.3, -0.25) is 9.89 Å². The van der Waals surface area contributed by atoms with E-state index in [0.717, 1.165) is 33.9 Å². The summed E-state index contributed by atoms with van der Waals surface area (Å²) in [5.41, 5.74) is 3.52. The number of nitrogens with zero attached hydrogens (tertiary/aromatic N) is 2. The molecule has 5 rings (SSSR count). The van der Waals surface area contributed by atoms with Crippen molar-refractivity contribution in [3.05, 3.63) is 120 Å². The lowest BCUT2D eigenvalue weighted by molar-refractivity contribution is 0.484. The Bertz CT molecular complexity index is 1360. The quantitative estimate of drug-likeness (QED) is 0.409. The minimum absolute atomic E-state index is 0.153. The number of hydrogen-bond acceptors (Lipinski definition) is 3. The Balaban J connectivity index is 1.45. The predicted molar refractivity (Wildman–Crippen MR) is 122 cm³/mol. The zero-order chi connectivity index (χ0) is 21.0. The topological polar surface area (TPSA) is 59.9 Å². The third kappa shape index (κ3) is 3.89. The molecule has 0 radical (unpaired) electrons. The van der Waals surface area contributed by atoms with Crippen LogP contribution in [0, 0.1) is 0 Å². The fourth-order valence-corrected chi connectivity index (χ4v) is 3.44. The zero-order valence-corrected chi connectivity index (χ0v) is 16.6. The van der Waals surface area contributed by atoms with Crippen LogP contribution in [0.4, 0.5) is 0 Å². The van der Waals surface area contributed by atoms with Crippen molar-refractivity contribution in [1.29, 1.82) is 0 Å². The summed E-state index contributed by atoms with van der Waals surface area (Å²) in [5, 5.41) is 3.13. The van der Waals surface area contributed by atoms with E-state index in [2.05, 4.69) is 10.1 Å². The lowest BCUT2D eigenvalue weighted by atomic mass is 10.0. The Hall–Kier alpha value is -4.38. The maximum absolute atomic E-state index is 12.4. The number of para-hydroxylation sites is 2. The first kappa shape index (κ1) is 18.6. The molecular weight excluding hydrogens is 386 g/mol. The van der Waals surface area contributed by atoms with Crippen molar-refractivity contribution in [2.24, 2.45) is 0 Å². The van der Waals surface area contributed by atoms with Gasteiger partial charge in [-0.05, 0) is 41.5 Å². The van der Waals surface area contributed by atoms with Crippen LogP contribution in [0.5, 0.6) is 11.5 Å². The average Bonchev–Trinajstić information content (AvgIpc) is 3.22. The lowest BCUT2D eigenvalue weighted by Crippen LogP contribution is -2.14. The van der Waals surface area contributed by atoms with Crippen molar-refractivity contribution >= 4 is 0 Å². The van der Waals surface area contributed by atoms with Crippen LogP contribution in [0.15, 0.2) is 114 Å². The van der Waals surface area contributed by atoms with Crippen molar-refractivity contribution in [3.8, 4) is 39.7 Å². The highest BCUT2D eigenvalue weighted by atomic mass is 16.5. The van der Waals surface area contributed by atoms with Gasteiger partial charge in [0.15, 0.2) is 5.82 Å². The first-order valence-electron chi connectivity index (χ1n) is 9.94. The molecule has 0 unspecified atom stereocenters. The van der Waals surface area contributed by atoms with Crippen LogP contribution in [0.1, 0.15) is 0 Å². The summed E-state index contributed by atoms with van der Waals surface area (Å²) in [7, 11) is 0. The highest BCUT2D eigenvalue weighted by Crippen LogP contribution is 2.34. The molecule has 0 saturated carbocycles. The highest BCUT2D eigenvalue weighted by molar-refractivity contribution is 5.73. The van der Waals surface area contributed by atoms with Crippen LogP contribution in [0.3, 0.4) is 0 Å². The fourth-order valence-electron chi connectivity index (χ4n) is 3.44. The van der Waals surface area contributed by atoms with E-state index in [1.165, 1.54) is 4.68 Å². The molecule has 2 aromatic heterocycles. The number of aromatic amines is 1. The van der Waals surface area contributed by atoms with Gasteiger partial charge in [-0.2, -0.15) is 0 Å². The highest BCUT2D eigenvalue weighted by Gasteiger charge is 2.10. The first-order chi connectivity index (χ1) is 15.3. The lowest BCUT2D eigenvalue weighted by Gasteiger charge is -2.11. The molecular formula is C26H19N3O2. The van der Waals surface area contributed by atoms with Crippen LogP contribution < -0.4 is 10.3 Å². The molecule has 0 fully saturated rings. The summed E-state index contributed by atoms with van der Waals surface area (Å²) in [5.74, 6) is 2.14. The van der Waals surface area contributed by atoms with Crippen LogP contribution in [0.25, 0.3) is 28.2 Å². The Morgan fingerprint density at radius 3 is 2.23 bits per heavy atom. The normalized spacial score (nSPS) is 10.7. The molecule has 0 aliphatic heterocycles. The first-order valence-corrected chi connectivity index (χ1v) is 9.94. The number of nitrogens with one attached hydrogen (secondary N) is 1. The van der Waals surface area contributed by atoms with Gasteiger partial charge in [0.2, 0.25) is 0 Å². The second-order valence-electron chi connectivity index (χ2n) is 7.02. The van der Waals surface area contributed by atoms with Crippen LogP contribution >= 0.6 is 0 Å². The zero-order valence-electron chi connectivity index (χ0n) is 16.6. The molecule has 0 bridgehead atoms. The molecule has 3 aromatic carbocycles. The molecule has 5 nitrogen and oxygen atoms in total. The Labute approximate surface area is 179 Å². The summed E-state index contributed by atoms with van der Waals surface area (Å²) >= 11 is 0. The van der Waals surface area contributed by atoms with Gasteiger partial charge in [0.1, 0.15) is 11.5 Å². The number of H-pyrrole nitrogens is 1. The van der Waals surface area contributed by atoms with Gasteiger partial charge in [0.05, 0.1) is 5.69 Å². The number of ether oxygens (including phenoxy) is 1. The monoisotopic (exact) mass is 405 g/mol. The van der Waals surface area contributed by atoms with Gasteiger partial charge in [0, 0.05) is 17.8 Å². The molecule has 5 aromatic rings. The van der Waals surface area contributed by atoms with E-state index in [-0.39, 0.29) is 5.56 Å². The van der Waals surface area contributed by atoms with E-state index in [1.54, 1.807) is 18.3 Å². The Morgan fingerprint density at radius 1 is 0.742 bits per heavy atom. The van der Waals surface area contributed by atoms with Crippen molar-refractivity contribution in [2.45, 2.75) is 0 Å². The van der Waals surface area contributed by atoms with Crippen molar-refractivity contribution in [2.75, 3.05) is 0 Å². The average molecular weight is 405 g/mol. The Morgan fingerprint density at radius 2 is 1.45 bits per heavy atom. The molecule has 0 spiro atoms. The Kier molecular flexibility index (Phi) is 4.91. The molecule has 0 atom stereocenters. The van der Waals surface area contributed by atoms with Gasteiger partial charge in [-0.25, -0.2) is 9.67 Å². The van der Waals surface area contributed by atoms with Gasteiger partial charge in [0.25, 0.3) is 5.56 Å². The van der Waals surface area contributed by atoms with Crippen LogP contribution in [0.2, 0.25) is 0 Å². The van der Waals surface area contributed by atoms with Crippen LogP contribution in [-0.2, 0) is 0 Å². The van der Waals surface area contributed by atoms with Crippen molar-refractivity contribution < 1.29 is 4.74 Å². The molecule has 0 aliphatic carbocycles. The molecule has 0 aliphatic rings. The third-order valence-electron chi connectivity index (χ3n) is 4.96. The minimum Gasteiger partial charge on any atom is -0.457 e. The van der Waals surface area contributed by atoms with Crippen LogP contribution in [-0.4, -0.2) is 14.8 Å². The van der Waals surface area contributed by atoms with E-state index >= 15 is 0 Å². The van der Waals surface area contributed by atoms with E-state index in [4.69, 9.17) is 4.74 Å². The summed E-state index contributed by atoms with van der Waals surface area (Å²) in [6.45, 7) is 0. The van der Waals surface area contributed by atoms with E-state index in [1.807, 2.05) is 91.0 Å². The van der Waals surface area contributed by atoms with Crippen molar-refractivity contribution in [1.82, 2.24) is 14.8 Å². The standard InChI is InChI=1S/C26H19N3O2/c30-26-18-23(28-29(26)25-12-6-7-17-27-25)20-15-13-19(14-16-20)22-10-4-5-11-24(22)31-21-8-2-1-3-9-21/h1-18,28H.